The molecule has 0 aliphatic heterocycles. The van der Waals surface area contributed by atoms with Crippen molar-refractivity contribution >= 4 is 11.7 Å². The van der Waals surface area contributed by atoms with Crippen molar-refractivity contribution in [3.05, 3.63) is 30.1 Å². The van der Waals surface area contributed by atoms with Gasteiger partial charge in [0.05, 0.1) is 5.69 Å². The maximum atomic E-state index is 11.6. The highest BCUT2D eigenvalue weighted by atomic mass is 16.1. The lowest BCUT2D eigenvalue weighted by atomic mass is 10.3. The van der Waals surface area contributed by atoms with Crippen LogP contribution >= 0.6 is 0 Å². The molecule has 0 bridgehead atoms. The Balaban J connectivity index is 1.51. The number of carbonyl (C=O) groups excluding carboxylic acids is 1. The number of aromatic nitrogens is 4. The van der Waals surface area contributed by atoms with Crippen LogP contribution in [0, 0.1) is 19.8 Å². The molecule has 1 amide bonds. The number of nitrogens with zero attached hydrogens (tertiary/aromatic N) is 4. The Morgan fingerprint density at radius 2 is 2.09 bits per heavy atom. The predicted octanol–water partition coefficient (Wildman–Crippen LogP) is 1.61. The average Bonchev–Trinajstić information content (AvgIpc) is 3.29. The van der Waals surface area contributed by atoms with Crippen LogP contribution in [0.15, 0.2) is 18.7 Å². The van der Waals surface area contributed by atoms with E-state index in [1.165, 1.54) is 19.2 Å². The number of hydrogen-bond donors (Lipinski definition) is 2. The van der Waals surface area contributed by atoms with Gasteiger partial charge >= 0.3 is 0 Å². The second-order valence-corrected chi connectivity index (χ2v) is 5.97. The molecule has 1 saturated carbocycles. The Morgan fingerprint density at radius 3 is 2.78 bits per heavy atom. The maximum absolute atomic E-state index is 11.6. The van der Waals surface area contributed by atoms with Crippen LogP contribution < -0.4 is 10.6 Å². The maximum Gasteiger partial charge on any atom is 0.220 e. The molecule has 2 aromatic heterocycles. The van der Waals surface area contributed by atoms with Gasteiger partial charge in [-0.1, -0.05) is 0 Å². The Kier molecular flexibility index (Phi) is 4.55. The van der Waals surface area contributed by atoms with Gasteiger partial charge in [0.2, 0.25) is 5.91 Å². The summed E-state index contributed by atoms with van der Waals surface area (Å²) in [6.45, 7) is 5.20. The van der Waals surface area contributed by atoms with Crippen LogP contribution in [0.25, 0.3) is 5.82 Å². The lowest BCUT2D eigenvalue weighted by Crippen LogP contribution is -2.29. The molecule has 0 saturated heterocycles. The Bertz CT molecular complexity index is 692. The van der Waals surface area contributed by atoms with Crippen LogP contribution in [0.4, 0.5) is 5.82 Å². The van der Waals surface area contributed by atoms with Crippen molar-refractivity contribution in [2.45, 2.75) is 33.1 Å². The zero-order valence-electron chi connectivity index (χ0n) is 13.5. The molecule has 2 aromatic rings. The molecule has 2 heterocycles. The van der Waals surface area contributed by atoms with Gasteiger partial charge in [-0.3, -0.25) is 9.36 Å². The fourth-order valence-corrected chi connectivity index (χ4v) is 2.35. The van der Waals surface area contributed by atoms with Crippen molar-refractivity contribution in [3.63, 3.8) is 0 Å². The largest absolute Gasteiger partial charge is 0.368 e. The molecule has 0 spiro atoms. The number of aryl methyl sites for hydroxylation is 1. The lowest BCUT2D eigenvalue weighted by Gasteiger charge is -2.09. The third-order valence-corrected chi connectivity index (χ3v) is 4.08. The summed E-state index contributed by atoms with van der Waals surface area (Å²) in [5, 5.41) is 6.13. The molecule has 1 aliphatic rings. The monoisotopic (exact) mass is 314 g/mol. The fourth-order valence-electron chi connectivity index (χ4n) is 2.35. The van der Waals surface area contributed by atoms with Crippen molar-refractivity contribution in [1.29, 1.82) is 0 Å². The summed E-state index contributed by atoms with van der Waals surface area (Å²) in [4.78, 5) is 24.4. The molecule has 7 nitrogen and oxygen atoms in total. The molecule has 0 radical (unpaired) electrons. The topological polar surface area (TPSA) is 84.7 Å². The van der Waals surface area contributed by atoms with Crippen molar-refractivity contribution in [1.82, 2.24) is 24.8 Å². The Hall–Kier alpha value is -2.44. The zero-order chi connectivity index (χ0) is 16.2. The first-order valence-electron chi connectivity index (χ1n) is 7.97. The predicted molar refractivity (Wildman–Crippen MR) is 87.5 cm³/mol. The van der Waals surface area contributed by atoms with E-state index < -0.39 is 0 Å². The van der Waals surface area contributed by atoms with E-state index in [0.717, 1.165) is 23.0 Å². The minimum atomic E-state index is 0.141. The van der Waals surface area contributed by atoms with E-state index in [0.29, 0.717) is 25.4 Å². The summed E-state index contributed by atoms with van der Waals surface area (Å²) in [6, 6.07) is 1.88. The summed E-state index contributed by atoms with van der Waals surface area (Å²) in [5.74, 6) is 2.27. The van der Waals surface area contributed by atoms with Gasteiger partial charge in [0.25, 0.3) is 0 Å². The first kappa shape index (κ1) is 15.5. The van der Waals surface area contributed by atoms with Crippen LogP contribution in [0.2, 0.25) is 0 Å². The summed E-state index contributed by atoms with van der Waals surface area (Å²) < 4.78 is 1.93. The van der Waals surface area contributed by atoms with Gasteiger partial charge in [0, 0.05) is 31.3 Å². The number of amides is 1. The van der Waals surface area contributed by atoms with Crippen molar-refractivity contribution < 1.29 is 4.79 Å². The molecule has 0 atom stereocenters. The van der Waals surface area contributed by atoms with Crippen LogP contribution in [0.1, 0.15) is 30.7 Å². The molecule has 0 aromatic carbocycles. The van der Waals surface area contributed by atoms with Crippen molar-refractivity contribution in [3.8, 4) is 5.82 Å². The quantitative estimate of drug-likeness (QED) is 0.758. The van der Waals surface area contributed by atoms with Gasteiger partial charge in [-0.05, 0) is 32.6 Å². The molecule has 3 rings (SSSR count). The minimum Gasteiger partial charge on any atom is -0.368 e. The van der Waals surface area contributed by atoms with Crippen molar-refractivity contribution in [2.24, 2.45) is 5.92 Å². The van der Waals surface area contributed by atoms with E-state index >= 15 is 0 Å². The summed E-state index contributed by atoms with van der Waals surface area (Å²) in [7, 11) is 0. The molecule has 23 heavy (non-hydrogen) atoms. The van der Waals surface area contributed by atoms with Gasteiger partial charge in [-0.2, -0.15) is 0 Å². The Labute approximate surface area is 135 Å². The third kappa shape index (κ3) is 4.06. The molecule has 0 unspecified atom stereocenters. The number of rotatable bonds is 7. The summed E-state index contributed by atoms with van der Waals surface area (Å²) >= 11 is 0. The molecule has 7 heteroatoms. The molecular weight excluding hydrogens is 292 g/mol. The van der Waals surface area contributed by atoms with Gasteiger partial charge in [-0.15, -0.1) is 0 Å². The highest BCUT2D eigenvalue weighted by Gasteiger charge is 2.23. The van der Waals surface area contributed by atoms with Gasteiger partial charge < -0.3 is 10.6 Å². The average molecular weight is 314 g/mol. The van der Waals surface area contributed by atoms with Gasteiger partial charge in [-0.25, -0.2) is 15.0 Å². The van der Waals surface area contributed by atoms with E-state index in [9.17, 15) is 4.79 Å². The molecule has 122 valence electrons. The van der Waals surface area contributed by atoms with Crippen LogP contribution in [-0.4, -0.2) is 38.5 Å². The van der Waals surface area contributed by atoms with E-state index in [1.54, 1.807) is 6.33 Å². The number of carbonyl (C=O) groups is 1. The first-order chi connectivity index (χ1) is 11.1. The minimum absolute atomic E-state index is 0.141. The van der Waals surface area contributed by atoms with Gasteiger partial charge in [0.15, 0.2) is 0 Å². The number of hydrogen-bond acceptors (Lipinski definition) is 5. The number of nitrogens with one attached hydrogen (secondary N) is 2. The van der Waals surface area contributed by atoms with E-state index in [2.05, 4.69) is 25.6 Å². The third-order valence-electron chi connectivity index (χ3n) is 4.08. The van der Waals surface area contributed by atoms with E-state index in [-0.39, 0.29) is 5.91 Å². The second-order valence-electron chi connectivity index (χ2n) is 5.97. The van der Waals surface area contributed by atoms with E-state index in [4.69, 9.17) is 0 Å². The van der Waals surface area contributed by atoms with Gasteiger partial charge in [0.1, 0.15) is 24.3 Å². The summed E-state index contributed by atoms with van der Waals surface area (Å²) in [6.07, 6.45) is 6.34. The SMILES string of the molecule is Cc1ncn(-c2cc(NCCNC(=O)CC3CC3)ncn2)c1C. The second kappa shape index (κ2) is 6.76. The van der Waals surface area contributed by atoms with E-state index in [1.807, 2.05) is 24.5 Å². The zero-order valence-corrected chi connectivity index (χ0v) is 13.5. The smallest absolute Gasteiger partial charge is 0.220 e. The molecular formula is C16H22N6O. The highest BCUT2D eigenvalue weighted by Crippen LogP contribution is 2.31. The number of anilines is 1. The molecule has 1 aliphatic carbocycles. The first-order valence-corrected chi connectivity index (χ1v) is 7.97. The standard InChI is InChI=1S/C16H22N6O/c1-11-12(2)22(10-21-11)15-8-14(19-9-20-15)17-5-6-18-16(23)7-13-3-4-13/h8-10,13H,3-7H2,1-2H3,(H,18,23)(H,17,19,20). The summed E-state index contributed by atoms with van der Waals surface area (Å²) in [5.41, 5.74) is 2.04. The molecule has 2 N–H and O–H groups in total. The van der Waals surface area contributed by atoms with Crippen LogP contribution in [0.5, 0.6) is 0 Å². The Morgan fingerprint density at radius 1 is 1.26 bits per heavy atom. The highest BCUT2D eigenvalue weighted by molar-refractivity contribution is 5.76. The fraction of sp³-hybridized carbons (Fsp3) is 0.500. The van der Waals surface area contributed by atoms with Crippen LogP contribution in [-0.2, 0) is 4.79 Å². The van der Waals surface area contributed by atoms with Crippen molar-refractivity contribution in [2.75, 3.05) is 18.4 Å². The lowest BCUT2D eigenvalue weighted by molar-refractivity contribution is -0.121. The molecule has 1 fully saturated rings. The normalized spacial score (nSPS) is 13.8. The number of imidazole rings is 1. The van der Waals surface area contributed by atoms with Crippen LogP contribution in [0.3, 0.4) is 0 Å².